The van der Waals surface area contributed by atoms with Crippen LogP contribution in [0.3, 0.4) is 0 Å². The van der Waals surface area contributed by atoms with Crippen LogP contribution >= 0.6 is 0 Å². The van der Waals surface area contributed by atoms with Crippen molar-refractivity contribution in [3.63, 3.8) is 0 Å². The number of aromatic nitrogens is 2. The lowest BCUT2D eigenvalue weighted by Crippen LogP contribution is -2.17. The summed E-state index contributed by atoms with van der Waals surface area (Å²) in [5.74, 6) is 0.0936. The van der Waals surface area contributed by atoms with E-state index in [2.05, 4.69) is 11.7 Å². The van der Waals surface area contributed by atoms with E-state index in [1.807, 2.05) is 39.2 Å². The van der Waals surface area contributed by atoms with Crippen molar-refractivity contribution in [2.24, 2.45) is 7.05 Å². The van der Waals surface area contributed by atoms with Crippen LogP contribution in [0.15, 0.2) is 18.4 Å². The van der Waals surface area contributed by atoms with Crippen molar-refractivity contribution in [3.8, 4) is 0 Å². The van der Waals surface area contributed by atoms with Crippen LogP contribution in [-0.2, 0) is 13.5 Å². The molecule has 0 N–H and O–H groups in total. The summed E-state index contributed by atoms with van der Waals surface area (Å²) in [5, 5.41) is 4.43. The number of nitrogens with zero attached hydrogens (tertiary/aromatic N) is 3. The van der Waals surface area contributed by atoms with Crippen molar-refractivity contribution in [2.75, 3.05) is 14.1 Å². The molecule has 0 fully saturated rings. The number of hydrogen-bond donors (Lipinski definition) is 0. The quantitative estimate of drug-likeness (QED) is 0.748. The van der Waals surface area contributed by atoms with Crippen LogP contribution in [0.1, 0.15) is 35.1 Å². The number of rotatable bonds is 2. The van der Waals surface area contributed by atoms with Gasteiger partial charge in [-0.15, -0.1) is 0 Å². The second kappa shape index (κ2) is 4.44. The van der Waals surface area contributed by atoms with Gasteiger partial charge in [-0.05, 0) is 25.3 Å². The Kier molecular flexibility index (Phi) is 3.11. The van der Waals surface area contributed by atoms with Crippen molar-refractivity contribution in [1.29, 1.82) is 0 Å². The second-order valence-corrected chi connectivity index (χ2v) is 5.02. The Morgan fingerprint density at radius 1 is 1.44 bits per heavy atom. The van der Waals surface area contributed by atoms with Crippen LogP contribution in [0.5, 0.6) is 0 Å². The molecule has 0 radical (unpaired) electrons. The molecule has 96 valence electrons. The van der Waals surface area contributed by atoms with Gasteiger partial charge in [0.15, 0.2) is 5.78 Å². The lowest BCUT2D eigenvalue weighted by molar-refractivity contribution is 0.102. The molecule has 0 saturated heterocycles. The lowest BCUT2D eigenvalue weighted by atomic mass is 9.89. The predicted octanol–water partition coefficient (Wildman–Crippen LogP) is 2.03. The van der Waals surface area contributed by atoms with E-state index in [1.54, 1.807) is 4.68 Å². The number of Topliss-reactive ketones (excluding diaryl/α,β-unsaturated/α-hetero) is 1. The first-order valence-corrected chi connectivity index (χ1v) is 6.05. The van der Waals surface area contributed by atoms with E-state index in [4.69, 9.17) is 0 Å². The summed E-state index contributed by atoms with van der Waals surface area (Å²) >= 11 is 0. The maximum Gasteiger partial charge on any atom is 0.194 e. The van der Waals surface area contributed by atoms with Crippen molar-refractivity contribution in [1.82, 2.24) is 14.7 Å². The molecule has 4 heteroatoms. The molecule has 0 aromatic carbocycles. The molecule has 18 heavy (non-hydrogen) atoms. The van der Waals surface area contributed by atoms with E-state index < -0.39 is 0 Å². The number of allylic oxidation sites excluding steroid dienone is 2. The summed E-state index contributed by atoms with van der Waals surface area (Å²) in [6, 6.07) is 0. The normalized spacial score (nSPS) is 16.9. The minimum atomic E-state index is 0.0936. The van der Waals surface area contributed by atoms with E-state index in [0.717, 1.165) is 40.9 Å². The molecular weight excluding hydrogens is 226 g/mol. The average molecular weight is 245 g/mol. The van der Waals surface area contributed by atoms with Crippen molar-refractivity contribution in [3.05, 3.63) is 35.3 Å². The Hall–Kier alpha value is -1.84. The number of carbonyl (C=O) groups is 1. The van der Waals surface area contributed by atoms with Crippen LogP contribution in [0.25, 0.3) is 5.57 Å². The molecule has 2 rings (SSSR count). The Balaban J connectivity index is 2.55. The molecule has 0 amide bonds. The van der Waals surface area contributed by atoms with Crippen LogP contribution in [0, 0.1) is 0 Å². The zero-order chi connectivity index (χ0) is 13.4. The molecule has 0 unspecified atom stereocenters. The highest BCUT2D eigenvalue weighted by molar-refractivity contribution is 6.12. The van der Waals surface area contributed by atoms with E-state index in [-0.39, 0.29) is 5.78 Å². The van der Waals surface area contributed by atoms with Crippen molar-refractivity contribution >= 4 is 11.4 Å². The molecule has 0 atom stereocenters. The van der Waals surface area contributed by atoms with E-state index >= 15 is 0 Å². The van der Waals surface area contributed by atoms with Gasteiger partial charge in [0.1, 0.15) is 0 Å². The third-order valence-corrected chi connectivity index (χ3v) is 3.09. The number of aryl methyl sites for hydroxylation is 2. The molecule has 0 bridgehead atoms. The summed E-state index contributed by atoms with van der Waals surface area (Å²) in [7, 11) is 5.72. The third kappa shape index (κ3) is 1.98. The fourth-order valence-electron chi connectivity index (χ4n) is 2.44. The van der Waals surface area contributed by atoms with Crippen molar-refractivity contribution < 1.29 is 4.79 Å². The first-order chi connectivity index (χ1) is 8.41. The highest BCUT2D eigenvalue weighted by Gasteiger charge is 2.29. The maximum absolute atomic E-state index is 12.5. The third-order valence-electron chi connectivity index (χ3n) is 3.09. The number of ketones is 1. The van der Waals surface area contributed by atoms with Gasteiger partial charge in [-0.25, -0.2) is 0 Å². The monoisotopic (exact) mass is 245 g/mol. The first kappa shape index (κ1) is 12.6. The molecule has 1 aliphatic rings. The summed E-state index contributed by atoms with van der Waals surface area (Å²) in [6.45, 7) is 5.86. The van der Waals surface area contributed by atoms with Gasteiger partial charge in [0.2, 0.25) is 0 Å². The summed E-state index contributed by atoms with van der Waals surface area (Å²) in [6.07, 6.45) is 3.49. The summed E-state index contributed by atoms with van der Waals surface area (Å²) in [4.78, 5) is 14.4. The molecular formula is C14H19N3O. The van der Waals surface area contributed by atoms with Crippen LogP contribution in [0.4, 0.5) is 0 Å². The van der Waals surface area contributed by atoms with Gasteiger partial charge >= 0.3 is 0 Å². The Morgan fingerprint density at radius 3 is 2.67 bits per heavy atom. The molecule has 0 aliphatic heterocycles. The minimum Gasteiger partial charge on any atom is -0.383 e. The van der Waals surface area contributed by atoms with Gasteiger partial charge in [-0.3, -0.25) is 9.48 Å². The van der Waals surface area contributed by atoms with Crippen LogP contribution < -0.4 is 0 Å². The second-order valence-electron chi connectivity index (χ2n) is 5.02. The Labute approximate surface area is 108 Å². The fraction of sp³-hybridized carbons (Fsp3) is 0.429. The summed E-state index contributed by atoms with van der Waals surface area (Å²) < 4.78 is 1.77. The zero-order valence-corrected chi connectivity index (χ0v) is 11.4. The maximum atomic E-state index is 12.5. The minimum absolute atomic E-state index is 0.0936. The highest BCUT2D eigenvalue weighted by atomic mass is 16.1. The first-order valence-electron chi connectivity index (χ1n) is 6.05. The van der Waals surface area contributed by atoms with E-state index in [9.17, 15) is 4.79 Å². The fourth-order valence-corrected chi connectivity index (χ4v) is 2.44. The molecule has 1 aliphatic carbocycles. The topological polar surface area (TPSA) is 38.1 Å². The Bertz CT molecular complexity index is 550. The highest BCUT2D eigenvalue weighted by Crippen LogP contribution is 2.30. The summed E-state index contributed by atoms with van der Waals surface area (Å²) in [5.41, 5.74) is 4.23. The van der Waals surface area contributed by atoms with Gasteiger partial charge in [0.05, 0.1) is 17.0 Å². The van der Waals surface area contributed by atoms with Crippen LogP contribution in [0.2, 0.25) is 0 Å². The average Bonchev–Trinajstić information content (AvgIpc) is 2.59. The van der Waals surface area contributed by atoms with Crippen LogP contribution in [-0.4, -0.2) is 34.6 Å². The molecule has 1 aromatic heterocycles. The number of fused-ring (bicyclic) bond motifs is 1. The standard InChI is InChI=1S/C14H19N3O/c1-9(2)13-12-11(15-17(13)5)7-6-10(14(12)18)8-16(3)4/h8H,1,6-7H2,2-5H3/b10-8-. The lowest BCUT2D eigenvalue weighted by Gasteiger charge is -2.16. The van der Waals surface area contributed by atoms with Crippen molar-refractivity contribution in [2.45, 2.75) is 19.8 Å². The van der Waals surface area contributed by atoms with Gasteiger partial charge in [-0.2, -0.15) is 5.10 Å². The smallest absolute Gasteiger partial charge is 0.194 e. The molecule has 1 aromatic rings. The van der Waals surface area contributed by atoms with E-state index in [0.29, 0.717) is 0 Å². The van der Waals surface area contributed by atoms with Gasteiger partial charge in [0.25, 0.3) is 0 Å². The predicted molar refractivity (Wildman–Crippen MR) is 72.3 cm³/mol. The molecule has 0 saturated carbocycles. The number of carbonyl (C=O) groups excluding carboxylic acids is 1. The largest absolute Gasteiger partial charge is 0.383 e. The number of hydrogen-bond acceptors (Lipinski definition) is 3. The molecule has 0 spiro atoms. The molecule has 1 heterocycles. The Morgan fingerprint density at radius 2 is 2.11 bits per heavy atom. The van der Waals surface area contributed by atoms with Gasteiger partial charge < -0.3 is 4.90 Å². The van der Waals surface area contributed by atoms with Gasteiger partial charge in [-0.1, -0.05) is 6.58 Å². The SMILES string of the molecule is C=C(C)c1c2c(nn1C)CC/C(=C/N(C)C)C2=O. The molecule has 4 nitrogen and oxygen atoms in total. The van der Waals surface area contributed by atoms with Gasteiger partial charge in [0, 0.05) is 32.9 Å². The zero-order valence-electron chi connectivity index (χ0n) is 11.4. The van der Waals surface area contributed by atoms with E-state index in [1.165, 1.54) is 0 Å².